The topological polar surface area (TPSA) is 77.2 Å². The van der Waals surface area contributed by atoms with Crippen LogP contribution in [0, 0.1) is 12.3 Å². The Bertz CT molecular complexity index is 668. The van der Waals surface area contributed by atoms with Gasteiger partial charge in [-0.1, -0.05) is 23.5 Å². The Morgan fingerprint density at radius 1 is 1.45 bits per heavy atom. The molecular weight excluding hydrogens is 322 g/mol. The highest BCUT2D eigenvalue weighted by Crippen LogP contribution is 2.33. The van der Waals surface area contributed by atoms with Crippen molar-refractivity contribution in [1.82, 2.24) is 4.98 Å². The van der Waals surface area contributed by atoms with Gasteiger partial charge in [-0.25, -0.2) is 4.98 Å². The Morgan fingerprint density at radius 2 is 2.18 bits per heavy atom. The van der Waals surface area contributed by atoms with E-state index in [4.69, 9.17) is 10.5 Å². The molecule has 0 saturated carbocycles. The second-order valence-electron chi connectivity index (χ2n) is 5.49. The third-order valence-electron chi connectivity index (χ3n) is 4.16. The first-order chi connectivity index (χ1) is 10.1. The Hall–Kier alpha value is -1.21. The molecule has 0 bridgehead atoms. The van der Waals surface area contributed by atoms with Crippen LogP contribution in [0.2, 0.25) is 0 Å². The number of halogens is 1. The van der Waals surface area contributed by atoms with Crippen LogP contribution in [0.5, 0.6) is 0 Å². The standard InChI is InChI=1S/C15H19N3O2S.ClH/c1-10-3-2-4-11-12(10)17-14(21-11)18-13(19)15(9-16)5-7-20-8-6-15;/h2-4H,5-9,16H2,1H3,(H,17,18,19);1H. The summed E-state index contributed by atoms with van der Waals surface area (Å²) in [5.41, 5.74) is 7.40. The van der Waals surface area contributed by atoms with Crippen molar-refractivity contribution in [1.29, 1.82) is 0 Å². The number of nitrogens with zero attached hydrogens (tertiary/aromatic N) is 1. The van der Waals surface area contributed by atoms with E-state index in [9.17, 15) is 4.79 Å². The molecule has 0 spiro atoms. The lowest BCUT2D eigenvalue weighted by atomic mass is 9.79. The zero-order chi connectivity index (χ0) is 14.9. The van der Waals surface area contributed by atoms with Crippen molar-refractivity contribution >= 4 is 45.0 Å². The summed E-state index contributed by atoms with van der Waals surface area (Å²) >= 11 is 1.50. The molecule has 1 aromatic carbocycles. The number of hydrogen-bond acceptors (Lipinski definition) is 5. The van der Waals surface area contributed by atoms with Crippen LogP contribution in [0.25, 0.3) is 10.2 Å². The summed E-state index contributed by atoms with van der Waals surface area (Å²) in [7, 11) is 0. The molecule has 22 heavy (non-hydrogen) atoms. The summed E-state index contributed by atoms with van der Waals surface area (Å²) in [6, 6.07) is 6.04. The van der Waals surface area contributed by atoms with Crippen molar-refractivity contribution in [3.05, 3.63) is 23.8 Å². The number of carbonyl (C=O) groups is 1. The van der Waals surface area contributed by atoms with Crippen molar-refractivity contribution in [3.63, 3.8) is 0 Å². The van der Waals surface area contributed by atoms with E-state index in [1.54, 1.807) is 0 Å². The van der Waals surface area contributed by atoms with Crippen molar-refractivity contribution in [2.75, 3.05) is 25.1 Å². The molecule has 2 aromatic rings. The second-order valence-corrected chi connectivity index (χ2v) is 6.52. The van der Waals surface area contributed by atoms with Crippen molar-refractivity contribution < 1.29 is 9.53 Å². The number of aromatic nitrogens is 1. The number of benzene rings is 1. The third kappa shape index (κ3) is 3.10. The first kappa shape index (κ1) is 17.1. The number of para-hydroxylation sites is 1. The molecule has 1 aromatic heterocycles. The van der Waals surface area contributed by atoms with E-state index in [-0.39, 0.29) is 18.3 Å². The highest BCUT2D eigenvalue weighted by molar-refractivity contribution is 7.22. The molecule has 1 amide bonds. The lowest BCUT2D eigenvalue weighted by Gasteiger charge is -2.34. The Kier molecular flexibility index (Phi) is 5.39. The van der Waals surface area contributed by atoms with E-state index < -0.39 is 5.41 Å². The summed E-state index contributed by atoms with van der Waals surface area (Å²) in [6.07, 6.45) is 1.33. The Balaban J connectivity index is 0.00000176. The number of rotatable bonds is 3. The maximum Gasteiger partial charge on any atom is 0.233 e. The van der Waals surface area contributed by atoms with E-state index in [1.165, 1.54) is 11.3 Å². The molecule has 7 heteroatoms. The summed E-state index contributed by atoms with van der Waals surface area (Å²) in [5, 5.41) is 3.60. The van der Waals surface area contributed by atoms with Crippen molar-refractivity contribution in [3.8, 4) is 0 Å². The smallest absolute Gasteiger partial charge is 0.233 e. The lowest BCUT2D eigenvalue weighted by molar-refractivity contribution is -0.130. The largest absolute Gasteiger partial charge is 0.381 e. The predicted molar refractivity (Wildman–Crippen MR) is 91.8 cm³/mol. The number of thiazole rings is 1. The van der Waals surface area contributed by atoms with Crippen LogP contribution in [0.1, 0.15) is 18.4 Å². The molecule has 1 aliphatic rings. The summed E-state index contributed by atoms with van der Waals surface area (Å²) < 4.78 is 6.42. The van der Waals surface area contributed by atoms with Gasteiger partial charge in [-0.05, 0) is 31.4 Å². The van der Waals surface area contributed by atoms with Crippen LogP contribution in [0.4, 0.5) is 5.13 Å². The minimum Gasteiger partial charge on any atom is -0.381 e. The minimum absolute atomic E-state index is 0. The lowest BCUT2D eigenvalue weighted by Crippen LogP contribution is -2.46. The van der Waals surface area contributed by atoms with Gasteiger partial charge in [0.05, 0.1) is 15.6 Å². The predicted octanol–water partition coefficient (Wildman–Crippen LogP) is 2.72. The normalized spacial score (nSPS) is 17.0. The molecule has 3 N–H and O–H groups in total. The van der Waals surface area contributed by atoms with Crippen molar-refractivity contribution in [2.24, 2.45) is 11.1 Å². The van der Waals surface area contributed by atoms with Gasteiger partial charge in [0.15, 0.2) is 5.13 Å². The van der Waals surface area contributed by atoms with E-state index in [1.807, 2.05) is 25.1 Å². The van der Waals surface area contributed by atoms with Crippen LogP contribution in [0.15, 0.2) is 18.2 Å². The molecule has 0 atom stereocenters. The van der Waals surface area contributed by atoms with Gasteiger partial charge in [0.2, 0.25) is 5.91 Å². The fraction of sp³-hybridized carbons (Fsp3) is 0.467. The van der Waals surface area contributed by atoms with Gasteiger partial charge in [-0.3, -0.25) is 4.79 Å². The second kappa shape index (κ2) is 6.91. The maximum absolute atomic E-state index is 12.6. The third-order valence-corrected chi connectivity index (χ3v) is 5.10. The number of amides is 1. The molecular formula is C15H20ClN3O2S. The average molecular weight is 342 g/mol. The van der Waals surface area contributed by atoms with Gasteiger partial charge in [0.1, 0.15) is 0 Å². The highest BCUT2D eigenvalue weighted by Gasteiger charge is 2.39. The molecule has 0 unspecified atom stereocenters. The first-order valence-corrected chi connectivity index (χ1v) is 7.92. The molecule has 1 saturated heterocycles. The van der Waals surface area contributed by atoms with E-state index in [0.29, 0.717) is 37.7 Å². The average Bonchev–Trinajstić information content (AvgIpc) is 2.92. The number of nitrogens with one attached hydrogen (secondary N) is 1. The van der Waals surface area contributed by atoms with Gasteiger partial charge in [-0.15, -0.1) is 12.4 Å². The molecule has 0 radical (unpaired) electrons. The summed E-state index contributed by atoms with van der Waals surface area (Å²) in [4.78, 5) is 17.1. The molecule has 120 valence electrons. The van der Waals surface area contributed by atoms with E-state index >= 15 is 0 Å². The number of carbonyl (C=O) groups excluding carboxylic acids is 1. The number of aryl methyl sites for hydroxylation is 1. The van der Waals surface area contributed by atoms with Crippen LogP contribution in [-0.4, -0.2) is 30.6 Å². The first-order valence-electron chi connectivity index (χ1n) is 7.10. The molecule has 3 rings (SSSR count). The van der Waals surface area contributed by atoms with Crippen LogP contribution in [-0.2, 0) is 9.53 Å². The number of anilines is 1. The molecule has 2 heterocycles. The molecule has 1 aliphatic heterocycles. The highest BCUT2D eigenvalue weighted by atomic mass is 35.5. The number of nitrogens with two attached hydrogens (primary N) is 1. The number of fused-ring (bicyclic) bond motifs is 1. The Morgan fingerprint density at radius 3 is 2.82 bits per heavy atom. The van der Waals surface area contributed by atoms with Gasteiger partial charge < -0.3 is 15.8 Å². The molecule has 1 fully saturated rings. The zero-order valence-electron chi connectivity index (χ0n) is 12.4. The van der Waals surface area contributed by atoms with Crippen LogP contribution in [0.3, 0.4) is 0 Å². The fourth-order valence-electron chi connectivity index (χ4n) is 2.66. The number of hydrogen-bond donors (Lipinski definition) is 2. The quantitative estimate of drug-likeness (QED) is 0.899. The van der Waals surface area contributed by atoms with Crippen LogP contribution >= 0.6 is 23.7 Å². The van der Waals surface area contributed by atoms with Gasteiger partial charge in [0.25, 0.3) is 0 Å². The summed E-state index contributed by atoms with van der Waals surface area (Å²) in [6.45, 7) is 3.53. The Labute approximate surface area is 139 Å². The van der Waals surface area contributed by atoms with Gasteiger partial charge in [0, 0.05) is 19.8 Å². The zero-order valence-corrected chi connectivity index (χ0v) is 14.1. The van der Waals surface area contributed by atoms with Gasteiger partial charge >= 0.3 is 0 Å². The van der Waals surface area contributed by atoms with E-state index in [2.05, 4.69) is 10.3 Å². The minimum atomic E-state index is -0.523. The SMILES string of the molecule is Cc1cccc2sc(NC(=O)C3(CN)CCOCC3)nc12.Cl. The van der Waals surface area contributed by atoms with E-state index in [0.717, 1.165) is 15.8 Å². The van der Waals surface area contributed by atoms with Crippen LogP contribution < -0.4 is 11.1 Å². The monoisotopic (exact) mass is 341 g/mol. The molecule has 5 nitrogen and oxygen atoms in total. The van der Waals surface area contributed by atoms with Crippen molar-refractivity contribution in [2.45, 2.75) is 19.8 Å². The summed E-state index contributed by atoms with van der Waals surface area (Å²) in [5.74, 6) is -0.0370. The fourth-order valence-corrected chi connectivity index (χ4v) is 3.59. The number of ether oxygens (including phenoxy) is 1. The molecule has 0 aliphatic carbocycles. The van der Waals surface area contributed by atoms with Gasteiger partial charge in [-0.2, -0.15) is 0 Å². The maximum atomic E-state index is 12.6.